The van der Waals surface area contributed by atoms with E-state index < -0.39 is 12.0 Å². The molecule has 0 aliphatic heterocycles. The van der Waals surface area contributed by atoms with Gasteiger partial charge in [-0.1, -0.05) is 13.8 Å². The van der Waals surface area contributed by atoms with Crippen LogP contribution >= 0.6 is 0 Å². The maximum atomic E-state index is 11.6. The van der Waals surface area contributed by atoms with E-state index >= 15 is 0 Å². The van der Waals surface area contributed by atoms with Crippen LogP contribution < -0.4 is 10.6 Å². The van der Waals surface area contributed by atoms with Gasteiger partial charge >= 0.3 is 12.0 Å². The fourth-order valence-corrected chi connectivity index (χ4v) is 1.81. The van der Waals surface area contributed by atoms with Crippen LogP contribution in [0.2, 0.25) is 0 Å². The van der Waals surface area contributed by atoms with Gasteiger partial charge in [0.25, 0.3) is 0 Å². The standard InChI is InChI=1S/C12H22N2O3/c1-7(2)6-10(11(15)16)14-12(17)13-8(3)9-4-5-9/h7-10H,4-6H2,1-3H3,(H,15,16)(H2,13,14,17). The Kier molecular flexibility index (Phi) is 4.78. The second kappa shape index (κ2) is 5.89. The van der Waals surface area contributed by atoms with E-state index in [9.17, 15) is 9.59 Å². The Morgan fingerprint density at radius 1 is 1.24 bits per heavy atom. The monoisotopic (exact) mass is 242 g/mol. The zero-order valence-electron chi connectivity index (χ0n) is 10.7. The third-order valence-electron chi connectivity index (χ3n) is 3.00. The Hall–Kier alpha value is -1.26. The number of carboxylic acids is 1. The van der Waals surface area contributed by atoms with Crippen molar-refractivity contribution in [3.8, 4) is 0 Å². The molecule has 0 aromatic carbocycles. The molecular formula is C12H22N2O3. The van der Waals surface area contributed by atoms with Gasteiger partial charge in [0.1, 0.15) is 6.04 Å². The van der Waals surface area contributed by atoms with Crippen LogP contribution in [0.15, 0.2) is 0 Å². The fourth-order valence-electron chi connectivity index (χ4n) is 1.81. The Bertz CT molecular complexity index is 287. The molecule has 2 unspecified atom stereocenters. The third-order valence-corrected chi connectivity index (χ3v) is 3.00. The summed E-state index contributed by atoms with van der Waals surface area (Å²) in [5.74, 6) is -0.181. The minimum absolute atomic E-state index is 0.128. The summed E-state index contributed by atoms with van der Waals surface area (Å²) in [7, 11) is 0. The Balaban J connectivity index is 2.37. The highest BCUT2D eigenvalue weighted by Crippen LogP contribution is 2.32. The van der Waals surface area contributed by atoms with E-state index in [0.717, 1.165) is 12.8 Å². The third kappa shape index (κ3) is 5.06. The van der Waals surface area contributed by atoms with Crippen LogP contribution in [-0.2, 0) is 4.79 Å². The predicted octanol–water partition coefficient (Wildman–Crippen LogP) is 1.58. The van der Waals surface area contributed by atoms with Crippen molar-refractivity contribution in [2.45, 2.75) is 52.1 Å². The van der Waals surface area contributed by atoms with E-state index in [-0.39, 0.29) is 18.0 Å². The van der Waals surface area contributed by atoms with E-state index in [1.54, 1.807) is 0 Å². The quantitative estimate of drug-likeness (QED) is 0.661. The van der Waals surface area contributed by atoms with Gasteiger partial charge in [-0.3, -0.25) is 0 Å². The number of hydrogen-bond acceptors (Lipinski definition) is 2. The van der Waals surface area contributed by atoms with E-state index in [4.69, 9.17) is 5.11 Å². The van der Waals surface area contributed by atoms with Crippen molar-refractivity contribution in [2.75, 3.05) is 0 Å². The number of hydrogen-bond donors (Lipinski definition) is 3. The van der Waals surface area contributed by atoms with Gasteiger partial charge in [-0.05, 0) is 38.0 Å². The highest BCUT2D eigenvalue weighted by molar-refractivity contribution is 5.82. The summed E-state index contributed by atoms with van der Waals surface area (Å²) in [6.07, 6.45) is 2.74. The van der Waals surface area contributed by atoms with Crippen LogP contribution in [0.25, 0.3) is 0 Å². The Morgan fingerprint density at radius 3 is 2.24 bits per heavy atom. The van der Waals surface area contributed by atoms with E-state index in [1.807, 2.05) is 20.8 Å². The topological polar surface area (TPSA) is 78.4 Å². The molecule has 0 saturated heterocycles. The van der Waals surface area contributed by atoms with Gasteiger partial charge in [0, 0.05) is 6.04 Å². The summed E-state index contributed by atoms with van der Waals surface area (Å²) in [6.45, 7) is 5.82. The minimum Gasteiger partial charge on any atom is -0.480 e. The van der Waals surface area contributed by atoms with Crippen LogP contribution in [0.3, 0.4) is 0 Å². The van der Waals surface area contributed by atoms with E-state index in [2.05, 4.69) is 10.6 Å². The summed E-state index contributed by atoms with van der Waals surface area (Å²) < 4.78 is 0. The van der Waals surface area contributed by atoms with Crippen LogP contribution in [-0.4, -0.2) is 29.2 Å². The molecule has 0 bridgehead atoms. The predicted molar refractivity (Wildman–Crippen MR) is 64.7 cm³/mol. The first-order valence-electron chi connectivity index (χ1n) is 6.20. The summed E-state index contributed by atoms with van der Waals surface area (Å²) >= 11 is 0. The SMILES string of the molecule is CC(C)CC(NC(=O)NC(C)C1CC1)C(=O)O. The van der Waals surface area contributed by atoms with Crippen molar-refractivity contribution >= 4 is 12.0 Å². The minimum atomic E-state index is -0.979. The molecule has 1 saturated carbocycles. The highest BCUT2D eigenvalue weighted by Gasteiger charge is 2.29. The van der Waals surface area contributed by atoms with Crippen LogP contribution in [0.5, 0.6) is 0 Å². The number of rotatable bonds is 6. The average molecular weight is 242 g/mol. The molecular weight excluding hydrogens is 220 g/mol. The number of amides is 2. The number of nitrogens with one attached hydrogen (secondary N) is 2. The first-order chi connectivity index (χ1) is 7.90. The van der Waals surface area contributed by atoms with Crippen LogP contribution in [0.4, 0.5) is 4.79 Å². The van der Waals surface area contributed by atoms with Crippen molar-refractivity contribution in [1.29, 1.82) is 0 Å². The average Bonchev–Trinajstić information content (AvgIpc) is 2.98. The lowest BCUT2D eigenvalue weighted by molar-refractivity contribution is -0.139. The number of urea groups is 1. The molecule has 2 amide bonds. The summed E-state index contributed by atoms with van der Waals surface area (Å²) in [5, 5.41) is 14.3. The van der Waals surface area contributed by atoms with Gasteiger partial charge in [0.05, 0.1) is 0 Å². The normalized spacial score (nSPS) is 18.6. The molecule has 3 N–H and O–H groups in total. The molecule has 98 valence electrons. The van der Waals surface area contributed by atoms with Crippen molar-refractivity contribution in [2.24, 2.45) is 11.8 Å². The van der Waals surface area contributed by atoms with Gasteiger partial charge in [-0.15, -0.1) is 0 Å². The van der Waals surface area contributed by atoms with Crippen molar-refractivity contribution in [3.63, 3.8) is 0 Å². The van der Waals surface area contributed by atoms with Gasteiger partial charge in [0.2, 0.25) is 0 Å². The van der Waals surface area contributed by atoms with Crippen LogP contribution in [0.1, 0.15) is 40.0 Å². The second-order valence-electron chi connectivity index (χ2n) is 5.26. The molecule has 5 nitrogen and oxygen atoms in total. The molecule has 17 heavy (non-hydrogen) atoms. The molecule has 2 atom stereocenters. The molecule has 0 spiro atoms. The summed E-state index contributed by atoms with van der Waals surface area (Å²) in [6, 6.07) is -1.05. The zero-order chi connectivity index (χ0) is 13.0. The van der Waals surface area contributed by atoms with Crippen molar-refractivity contribution < 1.29 is 14.7 Å². The molecule has 0 aromatic heterocycles. The molecule has 1 aliphatic carbocycles. The highest BCUT2D eigenvalue weighted by atomic mass is 16.4. The molecule has 1 rings (SSSR count). The summed E-state index contributed by atoms with van der Waals surface area (Å²) in [5.41, 5.74) is 0. The smallest absolute Gasteiger partial charge is 0.326 e. The van der Waals surface area contributed by atoms with Crippen molar-refractivity contribution in [1.82, 2.24) is 10.6 Å². The van der Waals surface area contributed by atoms with Gasteiger partial charge in [0.15, 0.2) is 0 Å². The number of aliphatic carboxylic acids is 1. The number of carboxylic acid groups (broad SMARTS) is 1. The number of carbonyl (C=O) groups is 2. The molecule has 5 heteroatoms. The second-order valence-corrected chi connectivity index (χ2v) is 5.26. The molecule has 0 heterocycles. The van der Waals surface area contributed by atoms with Gasteiger partial charge in [-0.2, -0.15) is 0 Å². The maximum absolute atomic E-state index is 11.6. The van der Waals surface area contributed by atoms with Gasteiger partial charge in [-0.25, -0.2) is 9.59 Å². The van der Waals surface area contributed by atoms with Gasteiger partial charge < -0.3 is 15.7 Å². The lowest BCUT2D eigenvalue weighted by Crippen LogP contribution is -2.49. The molecule has 1 fully saturated rings. The Labute approximate surface area is 102 Å². The van der Waals surface area contributed by atoms with E-state index in [1.165, 1.54) is 0 Å². The lowest BCUT2D eigenvalue weighted by Gasteiger charge is -2.19. The number of carbonyl (C=O) groups excluding carboxylic acids is 1. The Morgan fingerprint density at radius 2 is 1.82 bits per heavy atom. The van der Waals surface area contributed by atoms with E-state index in [0.29, 0.717) is 12.3 Å². The first kappa shape index (κ1) is 13.8. The zero-order valence-corrected chi connectivity index (χ0v) is 10.7. The lowest BCUT2D eigenvalue weighted by atomic mass is 10.0. The fraction of sp³-hybridized carbons (Fsp3) is 0.833. The van der Waals surface area contributed by atoms with Crippen molar-refractivity contribution in [3.05, 3.63) is 0 Å². The summed E-state index contributed by atoms with van der Waals surface area (Å²) in [4.78, 5) is 22.6. The molecule has 0 aromatic rings. The molecule has 1 aliphatic rings. The largest absolute Gasteiger partial charge is 0.480 e. The van der Waals surface area contributed by atoms with Crippen LogP contribution in [0, 0.1) is 11.8 Å². The molecule has 0 radical (unpaired) electrons. The maximum Gasteiger partial charge on any atom is 0.326 e. The first-order valence-corrected chi connectivity index (χ1v) is 6.20.